The molecule has 0 atom stereocenters. The van der Waals surface area contributed by atoms with Gasteiger partial charge in [0.2, 0.25) is 0 Å². The molecule has 0 saturated heterocycles. The van der Waals surface area contributed by atoms with Crippen LogP contribution in [0.1, 0.15) is 0 Å². The van der Waals surface area contributed by atoms with E-state index in [1.54, 1.807) is 23.1 Å². The third-order valence-corrected chi connectivity index (χ3v) is 1.49. The number of hydrogen-bond donors (Lipinski definition) is 0. The minimum atomic E-state index is 0.501. The lowest BCUT2D eigenvalue weighted by Crippen LogP contribution is -2.06. The fourth-order valence-corrected chi connectivity index (χ4v) is 0.955. The third-order valence-electron chi connectivity index (χ3n) is 1.49. The fourth-order valence-electron chi connectivity index (χ4n) is 0.955. The molecule has 2 heterocycles. The molecule has 2 aromatic rings. The van der Waals surface area contributed by atoms with Gasteiger partial charge in [-0.15, -0.1) is 0 Å². The highest BCUT2D eigenvalue weighted by Crippen LogP contribution is 1.97. The van der Waals surface area contributed by atoms with Crippen molar-refractivity contribution in [2.75, 3.05) is 0 Å². The maximum absolute atomic E-state index is 5.46. The number of aromatic nitrogens is 3. The van der Waals surface area contributed by atoms with E-state index in [1.165, 1.54) is 0 Å². The second kappa shape index (κ2) is 2.81. The summed E-state index contributed by atoms with van der Waals surface area (Å²) in [5.41, 5.74) is 0.501. The Morgan fingerprint density at radius 1 is 1.25 bits per heavy atom. The molecule has 0 unspecified atom stereocenters. The van der Waals surface area contributed by atoms with Gasteiger partial charge in [-0.1, -0.05) is 6.07 Å². The van der Waals surface area contributed by atoms with Crippen molar-refractivity contribution >= 4 is 13.4 Å². The summed E-state index contributed by atoms with van der Waals surface area (Å²) in [4.78, 5) is 4.11. The Kier molecular flexibility index (Phi) is 1.66. The molecule has 3 nitrogen and oxygen atoms in total. The fraction of sp³-hybridized carbons (Fsp3) is 0. The van der Waals surface area contributed by atoms with Gasteiger partial charge in [0.15, 0.2) is 5.82 Å². The standard InChI is InChI=1S/C8H6BN3/c9-7-4-6-12(11-7)8-3-1-2-5-10-8/h1-6H. The second-order valence-electron chi connectivity index (χ2n) is 2.37. The lowest BCUT2D eigenvalue weighted by Gasteiger charge is -1.97. The minimum Gasteiger partial charge on any atom is -0.237 e. The Morgan fingerprint density at radius 2 is 2.17 bits per heavy atom. The van der Waals surface area contributed by atoms with Gasteiger partial charge < -0.3 is 0 Å². The van der Waals surface area contributed by atoms with Crippen molar-refractivity contribution in [1.29, 1.82) is 0 Å². The van der Waals surface area contributed by atoms with Crippen molar-refractivity contribution in [3.05, 3.63) is 36.7 Å². The SMILES string of the molecule is [B]c1ccn(-c2ccccn2)n1. The number of rotatable bonds is 1. The molecule has 0 saturated carbocycles. The zero-order valence-corrected chi connectivity index (χ0v) is 6.38. The smallest absolute Gasteiger partial charge is 0.153 e. The van der Waals surface area contributed by atoms with E-state index in [1.807, 2.05) is 18.2 Å². The molecule has 0 aliphatic carbocycles. The molecule has 0 spiro atoms. The summed E-state index contributed by atoms with van der Waals surface area (Å²) in [5, 5.41) is 4.01. The molecule has 2 aromatic heterocycles. The van der Waals surface area contributed by atoms with E-state index in [4.69, 9.17) is 7.85 Å². The van der Waals surface area contributed by atoms with Gasteiger partial charge >= 0.3 is 0 Å². The van der Waals surface area contributed by atoms with Gasteiger partial charge in [0, 0.05) is 18.0 Å². The van der Waals surface area contributed by atoms with Gasteiger partial charge in [-0.2, -0.15) is 5.10 Å². The zero-order chi connectivity index (χ0) is 8.39. The molecule has 2 radical (unpaired) electrons. The lowest BCUT2D eigenvalue weighted by molar-refractivity contribution is 0.856. The zero-order valence-electron chi connectivity index (χ0n) is 6.38. The van der Waals surface area contributed by atoms with Gasteiger partial charge in [0.05, 0.1) is 0 Å². The first-order valence-electron chi connectivity index (χ1n) is 3.59. The molecule has 4 heteroatoms. The summed E-state index contributed by atoms with van der Waals surface area (Å²) >= 11 is 0. The Bertz CT molecular complexity index is 369. The molecule has 2 rings (SSSR count). The summed E-state index contributed by atoms with van der Waals surface area (Å²) in [5.74, 6) is 0.772. The number of pyridine rings is 1. The summed E-state index contributed by atoms with van der Waals surface area (Å²) in [6, 6.07) is 7.36. The summed E-state index contributed by atoms with van der Waals surface area (Å²) < 4.78 is 1.63. The van der Waals surface area contributed by atoms with Gasteiger partial charge in [0.25, 0.3) is 0 Å². The van der Waals surface area contributed by atoms with Crippen molar-refractivity contribution in [2.24, 2.45) is 0 Å². The molecular formula is C8H6BN3. The van der Waals surface area contributed by atoms with E-state index in [0.717, 1.165) is 5.82 Å². The molecule has 0 aromatic carbocycles. The maximum atomic E-state index is 5.46. The van der Waals surface area contributed by atoms with Crippen LogP contribution in [0.2, 0.25) is 0 Å². The molecule has 12 heavy (non-hydrogen) atoms. The minimum absolute atomic E-state index is 0.501. The Labute approximate surface area is 71.5 Å². The Balaban J connectivity index is 2.45. The number of hydrogen-bond acceptors (Lipinski definition) is 2. The van der Waals surface area contributed by atoms with E-state index in [2.05, 4.69) is 10.1 Å². The predicted octanol–water partition coefficient (Wildman–Crippen LogP) is 0.0611. The molecule has 56 valence electrons. The van der Waals surface area contributed by atoms with Gasteiger partial charge in [-0.25, -0.2) is 9.67 Å². The molecule has 0 N–H and O–H groups in total. The van der Waals surface area contributed by atoms with Crippen LogP contribution >= 0.6 is 0 Å². The number of nitrogens with zero attached hydrogens (tertiary/aromatic N) is 3. The van der Waals surface area contributed by atoms with E-state index in [-0.39, 0.29) is 0 Å². The van der Waals surface area contributed by atoms with Crippen LogP contribution in [0.4, 0.5) is 0 Å². The molecule has 0 aliphatic rings. The molecule has 0 fully saturated rings. The van der Waals surface area contributed by atoms with Crippen LogP contribution in [0.5, 0.6) is 0 Å². The average Bonchev–Trinajstić information content (AvgIpc) is 2.54. The van der Waals surface area contributed by atoms with E-state index in [0.29, 0.717) is 5.59 Å². The summed E-state index contributed by atoms with van der Waals surface area (Å²) in [6.07, 6.45) is 3.49. The highest BCUT2D eigenvalue weighted by molar-refractivity contribution is 6.30. The average molecular weight is 155 g/mol. The predicted molar refractivity (Wildman–Crippen MR) is 46.7 cm³/mol. The quantitative estimate of drug-likeness (QED) is 0.545. The van der Waals surface area contributed by atoms with Crippen molar-refractivity contribution < 1.29 is 0 Å². The second-order valence-corrected chi connectivity index (χ2v) is 2.37. The lowest BCUT2D eigenvalue weighted by atomic mass is 10.1. The summed E-state index contributed by atoms with van der Waals surface area (Å²) in [6.45, 7) is 0. The molecule has 0 aliphatic heterocycles. The highest BCUT2D eigenvalue weighted by atomic mass is 15.3. The van der Waals surface area contributed by atoms with Crippen molar-refractivity contribution in [1.82, 2.24) is 14.8 Å². The largest absolute Gasteiger partial charge is 0.237 e. The van der Waals surface area contributed by atoms with E-state index in [9.17, 15) is 0 Å². The van der Waals surface area contributed by atoms with Crippen LogP contribution in [0.3, 0.4) is 0 Å². The van der Waals surface area contributed by atoms with Crippen LogP contribution in [-0.2, 0) is 0 Å². The van der Waals surface area contributed by atoms with Gasteiger partial charge in [0.1, 0.15) is 7.85 Å². The van der Waals surface area contributed by atoms with Crippen LogP contribution in [-0.4, -0.2) is 22.6 Å². The first-order chi connectivity index (χ1) is 5.86. The van der Waals surface area contributed by atoms with Gasteiger partial charge in [-0.05, 0) is 18.2 Å². The Morgan fingerprint density at radius 3 is 2.75 bits per heavy atom. The van der Waals surface area contributed by atoms with Crippen molar-refractivity contribution in [3.63, 3.8) is 0 Å². The molecule has 0 amide bonds. The van der Waals surface area contributed by atoms with Crippen LogP contribution < -0.4 is 5.59 Å². The first kappa shape index (κ1) is 7.09. The van der Waals surface area contributed by atoms with Crippen LogP contribution in [0, 0.1) is 0 Å². The maximum Gasteiger partial charge on any atom is 0.153 e. The normalized spacial score (nSPS) is 10.0. The van der Waals surface area contributed by atoms with Crippen LogP contribution in [0.15, 0.2) is 36.7 Å². The van der Waals surface area contributed by atoms with E-state index < -0.39 is 0 Å². The topological polar surface area (TPSA) is 30.7 Å². The monoisotopic (exact) mass is 155 g/mol. The summed E-state index contributed by atoms with van der Waals surface area (Å²) in [7, 11) is 5.46. The van der Waals surface area contributed by atoms with E-state index >= 15 is 0 Å². The molecular weight excluding hydrogens is 149 g/mol. The molecule has 0 bridgehead atoms. The third kappa shape index (κ3) is 1.23. The van der Waals surface area contributed by atoms with Crippen molar-refractivity contribution in [3.8, 4) is 5.82 Å². The van der Waals surface area contributed by atoms with Gasteiger partial charge in [-0.3, -0.25) is 0 Å². The van der Waals surface area contributed by atoms with Crippen molar-refractivity contribution in [2.45, 2.75) is 0 Å². The Hall–Kier alpha value is -1.58. The highest BCUT2D eigenvalue weighted by Gasteiger charge is 1.95. The first-order valence-corrected chi connectivity index (χ1v) is 3.59. The van der Waals surface area contributed by atoms with Crippen LogP contribution in [0.25, 0.3) is 5.82 Å².